The van der Waals surface area contributed by atoms with Crippen LogP contribution in [0.1, 0.15) is 24.5 Å². The van der Waals surface area contributed by atoms with Crippen molar-refractivity contribution in [3.63, 3.8) is 0 Å². The van der Waals surface area contributed by atoms with Crippen molar-refractivity contribution in [3.8, 4) is 39.6 Å². The van der Waals surface area contributed by atoms with Gasteiger partial charge in [0, 0.05) is 22.8 Å². The second kappa shape index (κ2) is 6.53. The van der Waals surface area contributed by atoms with E-state index in [1.807, 2.05) is 25.1 Å². The molecule has 3 aromatic rings. The minimum atomic E-state index is 0.00671. The Morgan fingerprint density at radius 1 is 1.12 bits per heavy atom. The van der Waals surface area contributed by atoms with Crippen molar-refractivity contribution in [2.45, 2.75) is 26.2 Å². The van der Waals surface area contributed by atoms with Gasteiger partial charge in [0.15, 0.2) is 0 Å². The molecule has 0 fully saturated rings. The number of nitrogens with one attached hydrogen (secondary N) is 2. The number of fused-ring (bicyclic) bond motifs is 1. The van der Waals surface area contributed by atoms with E-state index in [0.29, 0.717) is 22.3 Å². The van der Waals surface area contributed by atoms with Crippen LogP contribution < -0.4 is 4.74 Å². The molecular weight excluding hydrogens is 348 g/mol. The minimum Gasteiger partial charge on any atom is -0.508 e. The van der Waals surface area contributed by atoms with Gasteiger partial charge in [-0.1, -0.05) is 31.3 Å². The van der Waals surface area contributed by atoms with Gasteiger partial charge in [0.05, 0.1) is 12.3 Å². The van der Waals surface area contributed by atoms with Crippen LogP contribution in [0, 0.1) is 4.64 Å². The van der Waals surface area contributed by atoms with Gasteiger partial charge in [-0.25, -0.2) is 0 Å². The van der Waals surface area contributed by atoms with Crippen molar-refractivity contribution in [1.29, 1.82) is 0 Å². The molecule has 2 heterocycles. The van der Waals surface area contributed by atoms with Crippen LogP contribution in [-0.4, -0.2) is 27.0 Å². The summed E-state index contributed by atoms with van der Waals surface area (Å²) in [6, 6.07) is 9.14. The van der Waals surface area contributed by atoms with Gasteiger partial charge in [-0.15, -0.1) is 0 Å². The molecule has 0 aliphatic carbocycles. The number of hydrogen-bond donors (Lipinski definition) is 4. The summed E-state index contributed by atoms with van der Waals surface area (Å²) in [5, 5.41) is 26.5. The Morgan fingerprint density at radius 3 is 2.77 bits per heavy atom. The summed E-state index contributed by atoms with van der Waals surface area (Å²) < 4.78 is 6.36. The Bertz CT molecular complexity index is 1040. The Hall–Kier alpha value is -2.73. The number of aromatic hydroxyl groups is 2. The molecule has 5 nitrogen and oxygen atoms in total. The molecule has 6 heteroatoms. The van der Waals surface area contributed by atoms with E-state index in [1.165, 1.54) is 6.07 Å². The van der Waals surface area contributed by atoms with Gasteiger partial charge in [0.1, 0.15) is 21.9 Å². The lowest BCUT2D eigenvalue weighted by atomic mass is 9.92. The Labute approximate surface area is 156 Å². The minimum absolute atomic E-state index is 0.00671. The second-order valence-corrected chi connectivity index (χ2v) is 6.82. The highest BCUT2D eigenvalue weighted by Crippen LogP contribution is 2.42. The van der Waals surface area contributed by atoms with Crippen LogP contribution in [0.4, 0.5) is 0 Å². The number of aromatic nitrogens is 2. The maximum absolute atomic E-state index is 10.4. The highest BCUT2D eigenvalue weighted by atomic mass is 32.1. The summed E-state index contributed by atoms with van der Waals surface area (Å²) in [4.78, 5) is 0. The fourth-order valence-corrected chi connectivity index (χ4v) is 3.81. The van der Waals surface area contributed by atoms with Crippen molar-refractivity contribution in [3.05, 3.63) is 46.1 Å². The second-order valence-electron chi connectivity index (χ2n) is 6.42. The summed E-state index contributed by atoms with van der Waals surface area (Å²) in [5.74, 6) is 0.988. The Morgan fingerprint density at radius 2 is 1.96 bits per heavy atom. The number of H-pyrrole nitrogens is 2. The normalized spacial score (nSPS) is 13.3. The van der Waals surface area contributed by atoms with Crippen molar-refractivity contribution in [2.24, 2.45) is 0 Å². The summed E-state index contributed by atoms with van der Waals surface area (Å²) in [6.45, 7) is 2.68. The van der Waals surface area contributed by atoms with Crippen molar-refractivity contribution < 1.29 is 14.9 Å². The van der Waals surface area contributed by atoms with E-state index in [-0.39, 0.29) is 11.5 Å². The average molecular weight is 368 g/mol. The monoisotopic (exact) mass is 368 g/mol. The van der Waals surface area contributed by atoms with Crippen LogP contribution in [0.15, 0.2) is 30.3 Å². The third kappa shape index (κ3) is 2.66. The van der Waals surface area contributed by atoms with Gasteiger partial charge in [-0.05, 0) is 42.5 Å². The van der Waals surface area contributed by atoms with Gasteiger partial charge in [0.25, 0.3) is 0 Å². The van der Waals surface area contributed by atoms with E-state index in [1.54, 1.807) is 6.07 Å². The molecule has 0 saturated heterocycles. The molecule has 0 unspecified atom stereocenters. The van der Waals surface area contributed by atoms with Crippen molar-refractivity contribution >= 4 is 12.2 Å². The van der Waals surface area contributed by atoms with Gasteiger partial charge < -0.3 is 14.9 Å². The molecule has 0 spiro atoms. The molecule has 0 radical (unpaired) electrons. The number of aromatic amines is 2. The fraction of sp³-hybridized carbons (Fsp3) is 0.250. The maximum atomic E-state index is 10.4. The third-order valence-corrected chi connectivity index (χ3v) is 5.16. The van der Waals surface area contributed by atoms with E-state index in [2.05, 4.69) is 10.2 Å². The topological polar surface area (TPSA) is 81.3 Å². The number of hydrogen-bond acceptors (Lipinski definition) is 4. The fourth-order valence-electron chi connectivity index (χ4n) is 3.55. The molecular formula is C20H20N2O3S. The highest BCUT2D eigenvalue weighted by molar-refractivity contribution is 7.71. The first kappa shape index (κ1) is 16.7. The zero-order chi connectivity index (χ0) is 18.3. The van der Waals surface area contributed by atoms with Gasteiger partial charge >= 0.3 is 0 Å². The molecule has 1 aliphatic heterocycles. The largest absolute Gasteiger partial charge is 0.508 e. The Kier molecular flexibility index (Phi) is 4.20. The number of ether oxygens (including phenoxy) is 1. The lowest BCUT2D eigenvalue weighted by Crippen LogP contribution is -2.09. The molecule has 0 amide bonds. The van der Waals surface area contributed by atoms with Crippen LogP contribution >= 0.6 is 12.2 Å². The number of benzene rings is 2. The van der Waals surface area contributed by atoms with Crippen LogP contribution in [0.2, 0.25) is 0 Å². The number of phenols is 2. The lowest BCUT2D eigenvalue weighted by molar-refractivity contribution is 0.289. The van der Waals surface area contributed by atoms with E-state index in [9.17, 15) is 10.2 Å². The molecule has 0 atom stereocenters. The summed E-state index contributed by atoms with van der Waals surface area (Å²) in [6.07, 6.45) is 2.55. The smallest absolute Gasteiger partial charge is 0.128 e. The highest BCUT2D eigenvalue weighted by Gasteiger charge is 2.22. The molecule has 0 saturated carbocycles. The summed E-state index contributed by atoms with van der Waals surface area (Å²) >= 11 is 5.53. The Balaban J connectivity index is 1.95. The predicted octanol–water partition coefficient (Wildman–Crippen LogP) is 4.70. The van der Waals surface area contributed by atoms with Crippen molar-refractivity contribution in [1.82, 2.24) is 10.2 Å². The van der Waals surface area contributed by atoms with Crippen molar-refractivity contribution in [2.75, 3.05) is 6.61 Å². The lowest BCUT2D eigenvalue weighted by Gasteiger charge is -2.20. The first-order valence-corrected chi connectivity index (χ1v) is 9.12. The molecule has 134 valence electrons. The van der Waals surface area contributed by atoms with Crippen LogP contribution in [0.25, 0.3) is 22.4 Å². The van der Waals surface area contributed by atoms with E-state index >= 15 is 0 Å². The van der Waals surface area contributed by atoms with E-state index < -0.39 is 0 Å². The van der Waals surface area contributed by atoms with Gasteiger partial charge in [0.2, 0.25) is 0 Å². The molecule has 1 aliphatic rings. The maximum Gasteiger partial charge on any atom is 0.128 e. The quantitative estimate of drug-likeness (QED) is 0.505. The molecule has 2 aromatic carbocycles. The number of phenolic OH excluding ortho intramolecular Hbond substituents is 2. The molecule has 0 bridgehead atoms. The average Bonchev–Trinajstić information content (AvgIpc) is 3.02. The van der Waals surface area contributed by atoms with Gasteiger partial charge in [-0.3, -0.25) is 10.2 Å². The van der Waals surface area contributed by atoms with E-state index in [0.717, 1.165) is 47.5 Å². The van der Waals surface area contributed by atoms with Crippen LogP contribution in [0.5, 0.6) is 17.2 Å². The molecule has 4 N–H and O–H groups in total. The van der Waals surface area contributed by atoms with E-state index in [4.69, 9.17) is 17.0 Å². The number of aryl methyl sites for hydroxylation is 1. The van der Waals surface area contributed by atoms with Crippen LogP contribution in [0.3, 0.4) is 0 Å². The third-order valence-electron chi connectivity index (χ3n) is 4.86. The summed E-state index contributed by atoms with van der Waals surface area (Å²) in [7, 11) is 0. The van der Waals surface area contributed by atoms with Gasteiger partial charge in [-0.2, -0.15) is 0 Å². The predicted molar refractivity (Wildman–Crippen MR) is 103 cm³/mol. The standard InChI is InChI=1S/C20H20N2O3S/c1-2-11-9-14(16(24)10-15(11)23)19-18(20(26)22-21-19)13-5-3-7-17-12(13)6-4-8-25-17/h3,5,7,9-10,23-24H,2,4,6,8H2,1H3,(H2,21,22,26). The molecule has 1 aromatic heterocycles. The first-order valence-electron chi connectivity index (χ1n) is 8.71. The van der Waals surface area contributed by atoms with Crippen LogP contribution in [-0.2, 0) is 12.8 Å². The molecule has 4 rings (SSSR count). The SMILES string of the molecule is CCc1cc(-c2[nH][nH]c(=S)c2-c2cccc3c2CCCO3)c(O)cc1O. The molecule has 26 heavy (non-hydrogen) atoms. The summed E-state index contributed by atoms with van der Waals surface area (Å²) in [5.41, 5.74) is 5.06. The zero-order valence-electron chi connectivity index (χ0n) is 14.4. The number of rotatable bonds is 3. The zero-order valence-corrected chi connectivity index (χ0v) is 15.2. The first-order chi connectivity index (χ1) is 12.6.